The lowest BCUT2D eigenvalue weighted by Crippen LogP contribution is -2.43. The second kappa shape index (κ2) is 7.64. The molecule has 1 heterocycles. The van der Waals surface area contributed by atoms with Crippen LogP contribution < -0.4 is 10.6 Å². The lowest BCUT2D eigenvalue weighted by atomic mass is 10.1. The molecule has 0 bridgehead atoms. The minimum absolute atomic E-state index is 0.114. The number of amides is 2. The Morgan fingerprint density at radius 2 is 1.95 bits per heavy atom. The van der Waals surface area contributed by atoms with Gasteiger partial charge in [-0.05, 0) is 37.0 Å². The number of para-hydroxylation sites is 1. The van der Waals surface area contributed by atoms with Gasteiger partial charge in [-0.3, -0.25) is 0 Å². The topological polar surface area (TPSA) is 59.0 Å². The molecule has 1 aromatic carbocycles. The maximum atomic E-state index is 11.7. The highest BCUT2D eigenvalue weighted by molar-refractivity contribution is 5.74. The molecular formula is C17H24N4O. The highest BCUT2D eigenvalue weighted by Crippen LogP contribution is 2.07. The zero-order chi connectivity index (χ0) is 15.9. The van der Waals surface area contributed by atoms with Gasteiger partial charge in [-0.25, -0.2) is 9.48 Å². The molecule has 2 N–H and O–H groups in total. The number of urea groups is 1. The van der Waals surface area contributed by atoms with Gasteiger partial charge in [0.1, 0.15) is 0 Å². The van der Waals surface area contributed by atoms with Crippen LogP contribution in [0.5, 0.6) is 0 Å². The SMILES string of the molecule is CC(C)C(C)NC(=O)NCCc1cnn(-c2ccccc2)c1. The number of nitrogens with zero attached hydrogens (tertiary/aromatic N) is 2. The standard InChI is InChI=1S/C17H24N4O/c1-13(2)14(3)20-17(22)18-10-9-15-11-19-21(12-15)16-7-5-4-6-8-16/h4-8,11-14H,9-10H2,1-3H3,(H2,18,20,22). The maximum Gasteiger partial charge on any atom is 0.315 e. The highest BCUT2D eigenvalue weighted by Gasteiger charge is 2.10. The fourth-order valence-corrected chi connectivity index (χ4v) is 1.96. The summed E-state index contributed by atoms with van der Waals surface area (Å²) in [5.41, 5.74) is 2.13. The molecule has 5 heteroatoms. The van der Waals surface area contributed by atoms with Crippen molar-refractivity contribution in [2.24, 2.45) is 5.92 Å². The summed E-state index contributed by atoms with van der Waals surface area (Å²) in [6.45, 7) is 6.77. The Morgan fingerprint density at radius 1 is 1.23 bits per heavy atom. The second-order valence-electron chi connectivity index (χ2n) is 5.81. The van der Waals surface area contributed by atoms with E-state index < -0.39 is 0 Å². The van der Waals surface area contributed by atoms with E-state index in [4.69, 9.17) is 0 Å². The molecule has 0 saturated carbocycles. The van der Waals surface area contributed by atoms with E-state index in [0.717, 1.165) is 17.7 Å². The number of nitrogens with one attached hydrogen (secondary N) is 2. The van der Waals surface area contributed by atoms with Crippen molar-refractivity contribution in [3.63, 3.8) is 0 Å². The normalized spacial score (nSPS) is 12.2. The van der Waals surface area contributed by atoms with E-state index in [0.29, 0.717) is 12.5 Å². The highest BCUT2D eigenvalue weighted by atomic mass is 16.2. The first-order chi connectivity index (χ1) is 10.6. The van der Waals surface area contributed by atoms with Crippen molar-refractivity contribution < 1.29 is 4.79 Å². The summed E-state index contributed by atoms with van der Waals surface area (Å²) < 4.78 is 1.84. The largest absolute Gasteiger partial charge is 0.338 e. The molecule has 2 aromatic rings. The Balaban J connectivity index is 1.78. The second-order valence-corrected chi connectivity index (χ2v) is 5.81. The summed E-state index contributed by atoms with van der Waals surface area (Å²) >= 11 is 0. The minimum atomic E-state index is -0.114. The summed E-state index contributed by atoms with van der Waals surface area (Å²) in [7, 11) is 0. The average Bonchev–Trinajstić information content (AvgIpc) is 2.97. The summed E-state index contributed by atoms with van der Waals surface area (Å²) in [5, 5.41) is 10.1. The molecule has 0 aliphatic heterocycles. The van der Waals surface area contributed by atoms with Gasteiger partial charge < -0.3 is 10.6 Å². The molecule has 22 heavy (non-hydrogen) atoms. The van der Waals surface area contributed by atoms with Gasteiger partial charge >= 0.3 is 6.03 Å². The Hall–Kier alpha value is -2.30. The molecule has 0 spiro atoms. The van der Waals surface area contributed by atoms with Crippen LogP contribution in [-0.4, -0.2) is 28.4 Å². The fourth-order valence-electron chi connectivity index (χ4n) is 1.96. The molecular weight excluding hydrogens is 276 g/mol. The van der Waals surface area contributed by atoms with Crippen molar-refractivity contribution in [2.45, 2.75) is 33.2 Å². The minimum Gasteiger partial charge on any atom is -0.338 e. The zero-order valence-corrected chi connectivity index (χ0v) is 13.4. The first-order valence-corrected chi connectivity index (χ1v) is 7.69. The van der Waals surface area contributed by atoms with Gasteiger partial charge in [0.25, 0.3) is 0 Å². The van der Waals surface area contributed by atoms with Gasteiger partial charge in [0.05, 0.1) is 11.9 Å². The Labute approximate surface area is 131 Å². The number of carbonyl (C=O) groups excluding carboxylic acids is 1. The monoisotopic (exact) mass is 300 g/mol. The lowest BCUT2D eigenvalue weighted by Gasteiger charge is -2.17. The molecule has 1 unspecified atom stereocenters. The molecule has 2 rings (SSSR count). The van der Waals surface area contributed by atoms with Crippen molar-refractivity contribution >= 4 is 6.03 Å². The smallest absolute Gasteiger partial charge is 0.315 e. The van der Waals surface area contributed by atoms with Gasteiger partial charge in [-0.15, -0.1) is 0 Å². The average molecular weight is 300 g/mol. The summed E-state index contributed by atoms with van der Waals surface area (Å²) in [6, 6.07) is 10.0. The van der Waals surface area contributed by atoms with Crippen LogP contribution in [0.1, 0.15) is 26.3 Å². The van der Waals surface area contributed by atoms with Crippen LogP contribution >= 0.6 is 0 Å². The van der Waals surface area contributed by atoms with E-state index in [1.807, 2.05) is 54.3 Å². The number of aromatic nitrogens is 2. The zero-order valence-electron chi connectivity index (χ0n) is 13.4. The first kappa shape index (κ1) is 16.1. The third kappa shape index (κ3) is 4.62. The number of benzene rings is 1. The quantitative estimate of drug-likeness (QED) is 0.862. The Bertz CT molecular complexity index is 592. The van der Waals surface area contributed by atoms with E-state index in [9.17, 15) is 4.79 Å². The molecule has 118 valence electrons. The van der Waals surface area contributed by atoms with Crippen molar-refractivity contribution in [2.75, 3.05) is 6.54 Å². The maximum absolute atomic E-state index is 11.7. The molecule has 1 atom stereocenters. The third-order valence-corrected chi connectivity index (χ3v) is 3.71. The summed E-state index contributed by atoms with van der Waals surface area (Å²) in [6.07, 6.45) is 4.59. The van der Waals surface area contributed by atoms with Crippen LogP contribution in [0.3, 0.4) is 0 Å². The predicted octanol–water partition coefficient (Wildman–Crippen LogP) is 2.76. The van der Waals surface area contributed by atoms with Crippen molar-refractivity contribution in [1.82, 2.24) is 20.4 Å². The molecule has 0 aliphatic rings. The molecule has 1 aromatic heterocycles. The third-order valence-electron chi connectivity index (χ3n) is 3.71. The van der Waals surface area contributed by atoms with Crippen molar-refractivity contribution in [1.29, 1.82) is 0 Å². The molecule has 0 aliphatic carbocycles. The summed E-state index contributed by atoms with van der Waals surface area (Å²) in [5.74, 6) is 0.426. The lowest BCUT2D eigenvalue weighted by molar-refractivity contribution is 0.234. The van der Waals surface area contributed by atoms with Crippen LogP contribution in [-0.2, 0) is 6.42 Å². The number of hydrogen-bond donors (Lipinski definition) is 2. The van der Waals surface area contributed by atoms with Gasteiger partial charge in [0, 0.05) is 18.8 Å². The molecule has 2 amide bonds. The Morgan fingerprint density at radius 3 is 2.64 bits per heavy atom. The van der Waals surface area contributed by atoms with E-state index in [-0.39, 0.29) is 12.1 Å². The molecule has 5 nitrogen and oxygen atoms in total. The van der Waals surface area contributed by atoms with Gasteiger partial charge in [0.2, 0.25) is 0 Å². The van der Waals surface area contributed by atoms with Crippen LogP contribution in [0.15, 0.2) is 42.7 Å². The molecule has 0 fully saturated rings. The number of hydrogen-bond acceptors (Lipinski definition) is 2. The van der Waals surface area contributed by atoms with E-state index in [1.165, 1.54) is 0 Å². The molecule has 0 radical (unpaired) electrons. The Kier molecular flexibility index (Phi) is 5.58. The van der Waals surface area contributed by atoms with Crippen LogP contribution in [0, 0.1) is 5.92 Å². The van der Waals surface area contributed by atoms with Crippen molar-refractivity contribution in [3.05, 3.63) is 48.3 Å². The van der Waals surface area contributed by atoms with Gasteiger partial charge in [-0.2, -0.15) is 5.10 Å². The van der Waals surface area contributed by atoms with Gasteiger partial charge in [-0.1, -0.05) is 32.0 Å². The van der Waals surface area contributed by atoms with E-state index >= 15 is 0 Å². The molecule has 0 saturated heterocycles. The number of carbonyl (C=O) groups is 1. The predicted molar refractivity (Wildman–Crippen MR) is 88.1 cm³/mol. The van der Waals surface area contributed by atoms with E-state index in [1.54, 1.807) is 0 Å². The number of rotatable bonds is 6. The van der Waals surface area contributed by atoms with E-state index in [2.05, 4.69) is 29.6 Å². The van der Waals surface area contributed by atoms with Crippen LogP contribution in [0.4, 0.5) is 4.79 Å². The summed E-state index contributed by atoms with van der Waals surface area (Å²) in [4.78, 5) is 11.7. The van der Waals surface area contributed by atoms with Crippen LogP contribution in [0.2, 0.25) is 0 Å². The first-order valence-electron chi connectivity index (χ1n) is 7.69. The van der Waals surface area contributed by atoms with Crippen LogP contribution in [0.25, 0.3) is 5.69 Å². The van der Waals surface area contributed by atoms with Gasteiger partial charge in [0.15, 0.2) is 0 Å². The van der Waals surface area contributed by atoms with Crippen molar-refractivity contribution in [3.8, 4) is 5.69 Å². The fraction of sp³-hybridized carbons (Fsp3) is 0.412.